The fourth-order valence-corrected chi connectivity index (χ4v) is 4.61. The summed E-state index contributed by atoms with van der Waals surface area (Å²) in [5, 5.41) is 16.0. The first kappa shape index (κ1) is 22.7. The van der Waals surface area contributed by atoms with E-state index in [1.54, 1.807) is 42.5 Å². The van der Waals surface area contributed by atoms with Gasteiger partial charge in [-0.1, -0.05) is 18.2 Å². The highest BCUT2D eigenvalue weighted by Crippen LogP contribution is 2.56. The van der Waals surface area contributed by atoms with Gasteiger partial charge in [0.15, 0.2) is 0 Å². The van der Waals surface area contributed by atoms with Crippen LogP contribution in [0.1, 0.15) is 51.2 Å². The maximum atomic E-state index is 13.5. The van der Waals surface area contributed by atoms with Crippen LogP contribution in [-0.4, -0.2) is 33.8 Å². The largest absolute Gasteiger partial charge is 0.392 e. The molecule has 1 aromatic heterocycles. The highest BCUT2D eigenvalue weighted by molar-refractivity contribution is 6.15. The summed E-state index contributed by atoms with van der Waals surface area (Å²) in [6.45, 7) is 2.18. The van der Waals surface area contributed by atoms with Gasteiger partial charge in [0, 0.05) is 11.4 Å². The van der Waals surface area contributed by atoms with E-state index in [0.29, 0.717) is 29.0 Å². The summed E-state index contributed by atoms with van der Waals surface area (Å²) in [6, 6.07) is 14.7. The Morgan fingerprint density at radius 2 is 1.94 bits per heavy atom. The molecule has 178 valence electrons. The Kier molecular flexibility index (Phi) is 5.35. The molecule has 1 fully saturated rings. The van der Waals surface area contributed by atoms with Crippen molar-refractivity contribution in [3.8, 4) is 6.07 Å². The molecular formula is C25H20F3N5O2. The number of hydrogen-bond donors (Lipinski definition) is 1. The lowest BCUT2D eigenvalue weighted by atomic mass is 10.1. The van der Waals surface area contributed by atoms with E-state index < -0.39 is 29.8 Å². The number of nitrogens with one attached hydrogen (secondary N) is 1. The minimum absolute atomic E-state index is 0.0802. The summed E-state index contributed by atoms with van der Waals surface area (Å²) in [4.78, 5) is 27.9. The molecule has 3 aromatic rings. The number of rotatable bonds is 4. The van der Waals surface area contributed by atoms with Gasteiger partial charge in [0.05, 0.1) is 41.9 Å². The van der Waals surface area contributed by atoms with Crippen molar-refractivity contribution in [2.45, 2.75) is 38.0 Å². The van der Waals surface area contributed by atoms with Gasteiger partial charge in [-0.3, -0.25) is 14.3 Å². The van der Waals surface area contributed by atoms with Gasteiger partial charge in [-0.25, -0.2) is 0 Å². The van der Waals surface area contributed by atoms with Crippen molar-refractivity contribution >= 4 is 23.2 Å². The number of nitrogens with zero attached hydrogens (tertiary/aromatic N) is 4. The van der Waals surface area contributed by atoms with Crippen LogP contribution >= 0.6 is 0 Å². The van der Waals surface area contributed by atoms with Crippen LogP contribution in [0.5, 0.6) is 0 Å². The second-order valence-electron chi connectivity index (χ2n) is 8.84. The van der Waals surface area contributed by atoms with Crippen molar-refractivity contribution in [2.24, 2.45) is 5.92 Å². The summed E-state index contributed by atoms with van der Waals surface area (Å²) < 4.78 is 40.3. The first-order chi connectivity index (χ1) is 16.7. The molecule has 0 spiro atoms. The maximum absolute atomic E-state index is 13.5. The number of anilines is 2. The monoisotopic (exact) mass is 479 g/mol. The zero-order valence-corrected chi connectivity index (χ0v) is 18.6. The van der Waals surface area contributed by atoms with Crippen LogP contribution in [0.4, 0.5) is 24.5 Å². The normalized spacial score (nSPS) is 21.3. The third-order valence-electron chi connectivity index (χ3n) is 6.44. The summed E-state index contributed by atoms with van der Waals surface area (Å²) >= 11 is 0. The van der Waals surface area contributed by atoms with Crippen molar-refractivity contribution in [3.63, 3.8) is 0 Å². The van der Waals surface area contributed by atoms with E-state index >= 15 is 0 Å². The smallest absolute Gasteiger partial charge is 0.322 e. The molecule has 1 saturated carbocycles. The lowest BCUT2D eigenvalue weighted by molar-refractivity contribution is -0.148. The van der Waals surface area contributed by atoms with Crippen LogP contribution in [0.25, 0.3) is 0 Å². The average molecular weight is 479 g/mol. The molecular weight excluding hydrogens is 459 g/mol. The van der Waals surface area contributed by atoms with Gasteiger partial charge in [-0.05, 0) is 55.2 Å². The molecule has 35 heavy (non-hydrogen) atoms. The van der Waals surface area contributed by atoms with Crippen LogP contribution in [0.2, 0.25) is 0 Å². The molecule has 0 bridgehead atoms. The van der Waals surface area contributed by atoms with E-state index in [0.717, 1.165) is 0 Å². The molecule has 3 atom stereocenters. The quantitative estimate of drug-likeness (QED) is 0.586. The van der Waals surface area contributed by atoms with Crippen LogP contribution < -0.4 is 10.2 Å². The minimum atomic E-state index is -4.20. The number of alkyl halides is 3. The van der Waals surface area contributed by atoms with Crippen molar-refractivity contribution in [2.75, 3.05) is 10.2 Å². The van der Waals surface area contributed by atoms with E-state index in [9.17, 15) is 22.8 Å². The number of fused-ring (bicyclic) bond motifs is 1. The van der Waals surface area contributed by atoms with Crippen LogP contribution in [-0.2, 0) is 6.54 Å². The number of amides is 2. The third-order valence-corrected chi connectivity index (χ3v) is 6.44. The number of aromatic nitrogens is 2. The lowest BCUT2D eigenvalue weighted by Gasteiger charge is -2.34. The molecule has 10 heteroatoms. The van der Waals surface area contributed by atoms with Crippen molar-refractivity contribution < 1.29 is 22.8 Å². The number of hydrogen-bond acceptors (Lipinski definition) is 4. The Labute approximate surface area is 198 Å². The van der Waals surface area contributed by atoms with E-state index in [1.165, 1.54) is 21.8 Å². The lowest BCUT2D eigenvalue weighted by Crippen LogP contribution is -2.47. The molecule has 2 aliphatic rings. The van der Waals surface area contributed by atoms with Crippen LogP contribution in [0, 0.1) is 17.2 Å². The highest BCUT2D eigenvalue weighted by atomic mass is 19.4. The molecule has 1 aliphatic carbocycles. The SMILES string of the molecule is CC1Cn2ncc(C(=O)Nc3cccc(C#N)c3)c2C(=O)N1c1ccc([C@@H]2C[C@H]2C(F)(F)F)cc1. The van der Waals surface area contributed by atoms with E-state index in [2.05, 4.69) is 10.4 Å². The second kappa shape index (κ2) is 8.27. The second-order valence-corrected chi connectivity index (χ2v) is 8.84. The fourth-order valence-electron chi connectivity index (χ4n) is 4.61. The number of nitriles is 1. The molecule has 0 radical (unpaired) electrons. The van der Waals surface area contributed by atoms with Gasteiger partial charge in [0.25, 0.3) is 11.8 Å². The summed E-state index contributed by atoms with van der Waals surface area (Å²) in [5.41, 5.74) is 2.15. The average Bonchev–Trinajstić information content (AvgIpc) is 3.53. The minimum Gasteiger partial charge on any atom is -0.322 e. The Morgan fingerprint density at radius 1 is 1.20 bits per heavy atom. The number of carbonyl (C=O) groups is 2. The predicted molar refractivity (Wildman–Crippen MR) is 121 cm³/mol. The van der Waals surface area contributed by atoms with Crippen LogP contribution in [0.15, 0.2) is 54.7 Å². The van der Waals surface area contributed by atoms with Crippen LogP contribution in [0.3, 0.4) is 0 Å². The zero-order valence-electron chi connectivity index (χ0n) is 18.6. The number of benzene rings is 2. The van der Waals surface area contributed by atoms with Gasteiger partial charge >= 0.3 is 6.18 Å². The fraction of sp³-hybridized carbons (Fsp3) is 0.280. The Morgan fingerprint density at radius 3 is 2.60 bits per heavy atom. The number of halogens is 3. The predicted octanol–water partition coefficient (Wildman–Crippen LogP) is 4.72. The zero-order chi connectivity index (χ0) is 24.9. The maximum Gasteiger partial charge on any atom is 0.392 e. The van der Waals surface area contributed by atoms with Gasteiger partial charge in [-0.2, -0.15) is 23.5 Å². The molecule has 7 nitrogen and oxygen atoms in total. The molecule has 1 aliphatic heterocycles. The molecule has 5 rings (SSSR count). The summed E-state index contributed by atoms with van der Waals surface area (Å²) in [5.74, 6) is -2.82. The molecule has 1 unspecified atom stereocenters. The molecule has 0 saturated heterocycles. The number of carbonyl (C=O) groups excluding carboxylic acids is 2. The topological polar surface area (TPSA) is 91.0 Å². The standard InChI is InChI=1S/C25H20F3N5O2/c1-14-13-32-22(20(12-30-32)23(34)31-17-4-2-3-15(9-17)11-29)24(35)33(14)18-7-5-16(6-8-18)19-10-21(19)25(26,27)28/h2-9,12,14,19,21H,10,13H2,1H3,(H,31,34)/t14?,19-,21+/m0/s1. The first-order valence-electron chi connectivity index (χ1n) is 11.0. The van der Waals surface area contributed by atoms with Gasteiger partial charge in [-0.15, -0.1) is 0 Å². The van der Waals surface area contributed by atoms with Gasteiger partial charge in [0.1, 0.15) is 5.69 Å². The van der Waals surface area contributed by atoms with Crippen molar-refractivity contribution in [1.29, 1.82) is 5.26 Å². The highest BCUT2D eigenvalue weighted by Gasteiger charge is 2.56. The van der Waals surface area contributed by atoms with E-state index in [1.807, 2.05) is 13.0 Å². The summed E-state index contributed by atoms with van der Waals surface area (Å²) in [7, 11) is 0. The Balaban J connectivity index is 1.38. The molecule has 2 aromatic carbocycles. The van der Waals surface area contributed by atoms with Gasteiger partial charge < -0.3 is 10.2 Å². The summed E-state index contributed by atoms with van der Waals surface area (Å²) in [6.07, 6.45) is -2.79. The van der Waals surface area contributed by atoms with Crippen molar-refractivity contribution in [1.82, 2.24) is 9.78 Å². The third kappa shape index (κ3) is 4.14. The van der Waals surface area contributed by atoms with E-state index in [4.69, 9.17) is 5.26 Å². The first-order valence-corrected chi connectivity index (χ1v) is 11.0. The molecule has 2 amide bonds. The van der Waals surface area contributed by atoms with Crippen molar-refractivity contribution in [3.05, 3.63) is 77.1 Å². The van der Waals surface area contributed by atoms with Gasteiger partial charge in [0.2, 0.25) is 0 Å². The Hall–Kier alpha value is -4.13. The van der Waals surface area contributed by atoms with E-state index in [-0.39, 0.29) is 23.7 Å². The Bertz CT molecular complexity index is 1360. The molecule has 1 N–H and O–H groups in total. The molecule has 2 heterocycles.